The van der Waals surface area contributed by atoms with Crippen molar-refractivity contribution in [1.82, 2.24) is 0 Å². The van der Waals surface area contributed by atoms with Crippen LogP contribution in [0.15, 0.2) is 42.5 Å². The quantitative estimate of drug-likeness (QED) is 0.908. The van der Waals surface area contributed by atoms with Gasteiger partial charge in [-0.2, -0.15) is 0 Å². The van der Waals surface area contributed by atoms with Gasteiger partial charge in [0, 0.05) is 5.69 Å². The van der Waals surface area contributed by atoms with Crippen molar-refractivity contribution >= 4 is 11.6 Å². The van der Waals surface area contributed by atoms with Crippen LogP contribution in [0.4, 0.5) is 10.1 Å². The fourth-order valence-corrected chi connectivity index (χ4v) is 2.76. The minimum atomic E-state index is -0.830. The predicted octanol–water partition coefficient (Wildman–Crippen LogP) is 3.35. The number of carbonyl (C=O) groups excluding carboxylic acids is 1. The number of aliphatic hydroxyl groups excluding tert-OH is 1. The Bertz CT molecular complexity index is 682. The number of hydrogen-bond acceptors (Lipinski definition) is 2. The second-order valence-electron chi connectivity index (χ2n) is 5.25. The molecule has 1 aliphatic rings. The van der Waals surface area contributed by atoms with Crippen molar-refractivity contribution in [3.05, 3.63) is 65.0 Å². The molecule has 0 spiro atoms. The zero-order valence-corrected chi connectivity index (χ0v) is 11.6. The minimum Gasteiger partial charge on any atom is -0.384 e. The molecule has 108 valence electrons. The van der Waals surface area contributed by atoms with Gasteiger partial charge < -0.3 is 10.4 Å². The van der Waals surface area contributed by atoms with Gasteiger partial charge in [-0.15, -0.1) is 0 Å². The van der Waals surface area contributed by atoms with Crippen molar-refractivity contribution < 1.29 is 14.3 Å². The fraction of sp³-hybridized carbons (Fsp3) is 0.235. The maximum absolute atomic E-state index is 12.9. The zero-order valence-electron chi connectivity index (χ0n) is 11.6. The van der Waals surface area contributed by atoms with Gasteiger partial charge in [0.1, 0.15) is 11.9 Å². The van der Waals surface area contributed by atoms with Crippen molar-refractivity contribution in [1.29, 1.82) is 0 Å². The third-order valence-electron chi connectivity index (χ3n) is 3.94. The van der Waals surface area contributed by atoms with Crippen LogP contribution >= 0.6 is 0 Å². The molecule has 1 heterocycles. The molecule has 2 N–H and O–H groups in total. The van der Waals surface area contributed by atoms with E-state index in [0.717, 1.165) is 17.7 Å². The second kappa shape index (κ2) is 5.30. The maximum atomic E-state index is 12.9. The third-order valence-corrected chi connectivity index (χ3v) is 3.94. The number of rotatable bonds is 3. The Morgan fingerprint density at radius 3 is 2.52 bits per heavy atom. The lowest BCUT2D eigenvalue weighted by molar-refractivity contribution is -0.117. The largest absolute Gasteiger partial charge is 0.384 e. The zero-order chi connectivity index (χ0) is 15.0. The standard InChI is InChI=1S/C17H16FNO2/c1-2-13-14-9-11(5-8-15(14)19-17(13)21)16(20)10-3-6-12(18)7-4-10/h3-9,13,16,20H,2H2,1H3,(H,19,21). The Labute approximate surface area is 122 Å². The second-order valence-corrected chi connectivity index (χ2v) is 5.25. The molecule has 2 aromatic carbocycles. The molecule has 1 aliphatic heterocycles. The summed E-state index contributed by atoms with van der Waals surface area (Å²) in [5.74, 6) is -0.498. The first-order valence-corrected chi connectivity index (χ1v) is 6.98. The normalized spacial score (nSPS) is 18.2. The van der Waals surface area contributed by atoms with Crippen LogP contribution in [0.2, 0.25) is 0 Å². The highest BCUT2D eigenvalue weighted by molar-refractivity contribution is 6.02. The van der Waals surface area contributed by atoms with Crippen molar-refractivity contribution in [3.63, 3.8) is 0 Å². The van der Waals surface area contributed by atoms with Gasteiger partial charge in [0.25, 0.3) is 0 Å². The molecule has 2 unspecified atom stereocenters. The van der Waals surface area contributed by atoms with Crippen LogP contribution in [0, 0.1) is 5.82 Å². The summed E-state index contributed by atoms with van der Waals surface area (Å²) in [5.41, 5.74) is 3.06. The summed E-state index contributed by atoms with van der Waals surface area (Å²) in [6.45, 7) is 1.96. The molecule has 0 saturated carbocycles. The Morgan fingerprint density at radius 2 is 1.86 bits per heavy atom. The molecule has 3 nitrogen and oxygen atoms in total. The summed E-state index contributed by atoms with van der Waals surface area (Å²) in [7, 11) is 0. The van der Waals surface area contributed by atoms with Crippen molar-refractivity contribution in [2.75, 3.05) is 5.32 Å². The third kappa shape index (κ3) is 2.43. The lowest BCUT2D eigenvalue weighted by Crippen LogP contribution is -2.10. The monoisotopic (exact) mass is 285 g/mol. The van der Waals surface area contributed by atoms with Crippen LogP contribution in [0.3, 0.4) is 0 Å². The molecule has 0 aliphatic carbocycles. The number of carbonyl (C=O) groups is 1. The predicted molar refractivity (Wildman–Crippen MR) is 78.6 cm³/mol. The van der Waals surface area contributed by atoms with Crippen LogP contribution < -0.4 is 5.32 Å². The van der Waals surface area contributed by atoms with Gasteiger partial charge in [0.05, 0.1) is 5.92 Å². The van der Waals surface area contributed by atoms with Gasteiger partial charge in [-0.25, -0.2) is 4.39 Å². The Balaban J connectivity index is 1.95. The summed E-state index contributed by atoms with van der Waals surface area (Å²) in [6, 6.07) is 11.2. The number of nitrogens with one attached hydrogen (secondary N) is 1. The number of hydrogen-bond donors (Lipinski definition) is 2. The van der Waals surface area contributed by atoms with E-state index in [1.807, 2.05) is 19.1 Å². The number of benzene rings is 2. The molecular formula is C17H16FNO2. The van der Waals surface area contributed by atoms with E-state index in [1.54, 1.807) is 18.2 Å². The smallest absolute Gasteiger partial charge is 0.231 e. The molecule has 0 bridgehead atoms. The first-order chi connectivity index (χ1) is 10.1. The number of amides is 1. The first-order valence-electron chi connectivity index (χ1n) is 6.98. The summed E-state index contributed by atoms with van der Waals surface area (Å²) in [5, 5.41) is 13.3. The molecule has 0 fully saturated rings. The maximum Gasteiger partial charge on any atom is 0.231 e. The Hall–Kier alpha value is -2.20. The highest BCUT2D eigenvalue weighted by Crippen LogP contribution is 2.37. The average molecular weight is 285 g/mol. The summed E-state index contributed by atoms with van der Waals surface area (Å²) in [4.78, 5) is 11.8. The highest BCUT2D eigenvalue weighted by Gasteiger charge is 2.29. The fourth-order valence-electron chi connectivity index (χ4n) is 2.76. The van der Waals surface area contributed by atoms with E-state index in [1.165, 1.54) is 12.1 Å². The lowest BCUT2D eigenvalue weighted by Gasteiger charge is -2.14. The molecular weight excluding hydrogens is 269 g/mol. The van der Waals surface area contributed by atoms with Gasteiger partial charge >= 0.3 is 0 Å². The molecule has 0 aromatic heterocycles. The van der Waals surface area contributed by atoms with E-state index >= 15 is 0 Å². The molecule has 0 saturated heterocycles. The molecule has 4 heteroatoms. The topological polar surface area (TPSA) is 49.3 Å². The Kier molecular flexibility index (Phi) is 3.47. The number of fused-ring (bicyclic) bond motifs is 1. The van der Waals surface area contributed by atoms with Crippen molar-refractivity contribution in [2.24, 2.45) is 0 Å². The molecule has 0 radical (unpaired) electrons. The van der Waals surface area contributed by atoms with Gasteiger partial charge in [-0.3, -0.25) is 4.79 Å². The van der Waals surface area contributed by atoms with E-state index < -0.39 is 6.10 Å². The van der Waals surface area contributed by atoms with Gasteiger partial charge in [0.15, 0.2) is 0 Å². The number of halogens is 1. The SMILES string of the molecule is CCC1C(=O)Nc2ccc(C(O)c3ccc(F)cc3)cc21. The van der Waals surface area contributed by atoms with Crippen molar-refractivity contribution in [3.8, 4) is 0 Å². The molecule has 2 atom stereocenters. The van der Waals surface area contributed by atoms with Crippen LogP contribution in [-0.2, 0) is 4.79 Å². The lowest BCUT2D eigenvalue weighted by atomic mass is 9.93. The van der Waals surface area contributed by atoms with E-state index in [4.69, 9.17) is 0 Å². The Morgan fingerprint density at radius 1 is 1.19 bits per heavy atom. The number of anilines is 1. The summed E-state index contributed by atoms with van der Waals surface area (Å²) < 4.78 is 12.9. The number of aliphatic hydroxyl groups is 1. The van der Waals surface area contributed by atoms with Gasteiger partial charge in [-0.05, 0) is 47.4 Å². The van der Waals surface area contributed by atoms with Crippen LogP contribution in [0.5, 0.6) is 0 Å². The first kappa shape index (κ1) is 13.8. The molecule has 21 heavy (non-hydrogen) atoms. The van der Waals surface area contributed by atoms with E-state index in [-0.39, 0.29) is 17.6 Å². The summed E-state index contributed by atoms with van der Waals surface area (Å²) >= 11 is 0. The average Bonchev–Trinajstić information content (AvgIpc) is 2.81. The highest BCUT2D eigenvalue weighted by atomic mass is 19.1. The van der Waals surface area contributed by atoms with Crippen LogP contribution in [-0.4, -0.2) is 11.0 Å². The van der Waals surface area contributed by atoms with E-state index in [9.17, 15) is 14.3 Å². The molecule has 2 aromatic rings. The van der Waals surface area contributed by atoms with E-state index in [2.05, 4.69) is 5.32 Å². The minimum absolute atomic E-state index is 0.000854. The van der Waals surface area contributed by atoms with Crippen LogP contribution in [0.1, 0.15) is 42.1 Å². The van der Waals surface area contributed by atoms with Gasteiger partial charge in [-0.1, -0.05) is 25.1 Å². The van der Waals surface area contributed by atoms with E-state index in [0.29, 0.717) is 11.1 Å². The molecule has 1 amide bonds. The van der Waals surface area contributed by atoms with Crippen molar-refractivity contribution in [2.45, 2.75) is 25.4 Å². The summed E-state index contributed by atoms with van der Waals surface area (Å²) in [6.07, 6.45) is -0.112. The van der Waals surface area contributed by atoms with Crippen LogP contribution in [0.25, 0.3) is 0 Å². The molecule has 3 rings (SSSR count). The van der Waals surface area contributed by atoms with Gasteiger partial charge in [0.2, 0.25) is 5.91 Å².